The van der Waals surface area contributed by atoms with Gasteiger partial charge in [0.15, 0.2) is 6.10 Å². The summed E-state index contributed by atoms with van der Waals surface area (Å²) < 4.78 is 9.66. The van der Waals surface area contributed by atoms with Crippen LogP contribution in [-0.2, 0) is 36.9 Å². The van der Waals surface area contributed by atoms with Gasteiger partial charge in [0.2, 0.25) is 11.8 Å². The quantitative estimate of drug-likeness (QED) is 0.356. The van der Waals surface area contributed by atoms with Crippen LogP contribution in [0.4, 0.5) is 4.79 Å². The van der Waals surface area contributed by atoms with Crippen LogP contribution in [0.1, 0.15) is 17.5 Å². The molecule has 176 valence electrons. The van der Waals surface area contributed by atoms with E-state index in [0.29, 0.717) is 0 Å². The molecule has 0 saturated carbocycles. The van der Waals surface area contributed by atoms with Crippen molar-refractivity contribution < 1.29 is 33.8 Å². The molecule has 10 nitrogen and oxygen atoms in total. The highest BCUT2D eigenvalue weighted by molar-refractivity contribution is 5.91. The van der Waals surface area contributed by atoms with Gasteiger partial charge in [-0.2, -0.15) is 0 Å². The maximum Gasteiger partial charge on any atom is 0.408 e. The third-order valence-corrected chi connectivity index (χ3v) is 4.68. The standard InChI is InChI=1S/C23H27N3O7/c1-32-22(30)20(28)17(12-15-8-4-2-5-9-15)25-21(29)18(13-19(24)27)26-23(31)33-14-16-10-6-3-7-11-16/h2-11,17-18,20,28H,12-14H2,1H3,(H2,24,27)(H,25,29)(H,26,31)/t17-,18-,20-/m0/s1. The number of aliphatic hydroxyl groups excluding tert-OH is 1. The Morgan fingerprint density at radius 2 is 1.52 bits per heavy atom. The molecule has 0 aliphatic rings. The maximum absolute atomic E-state index is 12.9. The summed E-state index contributed by atoms with van der Waals surface area (Å²) >= 11 is 0. The van der Waals surface area contributed by atoms with Gasteiger partial charge in [0.1, 0.15) is 12.6 Å². The van der Waals surface area contributed by atoms with E-state index in [4.69, 9.17) is 10.5 Å². The molecule has 0 radical (unpaired) electrons. The summed E-state index contributed by atoms with van der Waals surface area (Å²) in [7, 11) is 1.10. The number of primary amides is 1. The van der Waals surface area contributed by atoms with Crippen molar-refractivity contribution in [1.29, 1.82) is 0 Å². The van der Waals surface area contributed by atoms with E-state index in [2.05, 4.69) is 15.4 Å². The highest BCUT2D eigenvalue weighted by atomic mass is 16.5. The van der Waals surface area contributed by atoms with Gasteiger partial charge in [-0.3, -0.25) is 9.59 Å². The van der Waals surface area contributed by atoms with Gasteiger partial charge in [-0.15, -0.1) is 0 Å². The predicted octanol–water partition coefficient (Wildman–Crippen LogP) is 0.418. The fourth-order valence-electron chi connectivity index (χ4n) is 3.00. The third kappa shape index (κ3) is 8.62. The number of hydrogen-bond acceptors (Lipinski definition) is 7. The Balaban J connectivity index is 2.09. The average Bonchev–Trinajstić information content (AvgIpc) is 2.82. The van der Waals surface area contributed by atoms with Gasteiger partial charge >= 0.3 is 12.1 Å². The van der Waals surface area contributed by atoms with Crippen molar-refractivity contribution >= 4 is 23.9 Å². The number of methoxy groups -OCH3 is 1. The zero-order chi connectivity index (χ0) is 24.2. The summed E-state index contributed by atoms with van der Waals surface area (Å²) in [6, 6.07) is 15.2. The second kappa shape index (κ2) is 12.8. The van der Waals surface area contributed by atoms with E-state index in [1.54, 1.807) is 54.6 Å². The normalized spacial score (nSPS) is 13.2. The topological polar surface area (TPSA) is 157 Å². The van der Waals surface area contributed by atoms with Crippen LogP contribution in [0.3, 0.4) is 0 Å². The summed E-state index contributed by atoms with van der Waals surface area (Å²) in [5.74, 6) is -2.61. The molecule has 0 fully saturated rings. The van der Waals surface area contributed by atoms with Gasteiger partial charge in [0.25, 0.3) is 0 Å². The minimum absolute atomic E-state index is 0.0464. The van der Waals surface area contributed by atoms with Crippen molar-refractivity contribution in [2.75, 3.05) is 7.11 Å². The summed E-state index contributed by atoms with van der Waals surface area (Å²) in [6.45, 7) is -0.0464. The molecule has 0 aliphatic carbocycles. The van der Waals surface area contributed by atoms with Gasteiger partial charge < -0.3 is 30.9 Å². The minimum Gasteiger partial charge on any atom is -0.467 e. The van der Waals surface area contributed by atoms with Crippen molar-refractivity contribution in [2.24, 2.45) is 5.73 Å². The van der Waals surface area contributed by atoms with E-state index < -0.39 is 48.5 Å². The molecule has 10 heteroatoms. The van der Waals surface area contributed by atoms with Crippen LogP contribution < -0.4 is 16.4 Å². The number of nitrogens with one attached hydrogen (secondary N) is 2. The Bertz CT molecular complexity index is 938. The fraction of sp³-hybridized carbons (Fsp3) is 0.304. The molecule has 2 rings (SSSR count). The molecule has 2 aromatic rings. The number of ether oxygens (including phenoxy) is 2. The number of carbonyl (C=O) groups is 4. The lowest BCUT2D eigenvalue weighted by molar-refractivity contribution is -0.152. The van der Waals surface area contributed by atoms with E-state index in [1.807, 2.05) is 6.07 Å². The van der Waals surface area contributed by atoms with Gasteiger partial charge in [0.05, 0.1) is 19.6 Å². The first-order valence-electron chi connectivity index (χ1n) is 10.2. The molecule has 3 amide bonds. The maximum atomic E-state index is 12.9. The van der Waals surface area contributed by atoms with Crippen LogP contribution in [0.25, 0.3) is 0 Å². The Hall–Kier alpha value is -3.92. The Labute approximate surface area is 191 Å². The van der Waals surface area contributed by atoms with Gasteiger partial charge in [-0.05, 0) is 17.5 Å². The van der Waals surface area contributed by atoms with Crippen LogP contribution in [0.15, 0.2) is 60.7 Å². The van der Waals surface area contributed by atoms with Crippen molar-refractivity contribution in [3.63, 3.8) is 0 Å². The molecule has 5 N–H and O–H groups in total. The van der Waals surface area contributed by atoms with Crippen molar-refractivity contribution in [1.82, 2.24) is 10.6 Å². The molecule has 0 unspecified atom stereocenters. The van der Waals surface area contributed by atoms with Crippen LogP contribution in [0.5, 0.6) is 0 Å². The molecule has 0 bridgehead atoms. The van der Waals surface area contributed by atoms with E-state index in [9.17, 15) is 24.3 Å². The molecule has 33 heavy (non-hydrogen) atoms. The van der Waals surface area contributed by atoms with Crippen LogP contribution in [0, 0.1) is 0 Å². The first-order valence-corrected chi connectivity index (χ1v) is 10.2. The smallest absolute Gasteiger partial charge is 0.408 e. The molecular formula is C23H27N3O7. The van der Waals surface area contributed by atoms with Crippen LogP contribution in [-0.4, -0.2) is 54.3 Å². The Morgan fingerprint density at radius 1 is 0.939 bits per heavy atom. The van der Waals surface area contributed by atoms with Gasteiger partial charge in [-0.25, -0.2) is 9.59 Å². The molecule has 0 heterocycles. The first kappa shape index (κ1) is 25.3. The number of carbonyl (C=O) groups excluding carboxylic acids is 4. The lowest BCUT2D eigenvalue weighted by Crippen LogP contribution is -2.55. The van der Waals surface area contributed by atoms with Crippen molar-refractivity contribution in [3.8, 4) is 0 Å². The molecular weight excluding hydrogens is 430 g/mol. The second-order valence-electron chi connectivity index (χ2n) is 7.20. The number of alkyl carbamates (subject to hydrolysis) is 1. The second-order valence-corrected chi connectivity index (χ2v) is 7.20. The number of hydrogen-bond donors (Lipinski definition) is 4. The lowest BCUT2D eigenvalue weighted by Gasteiger charge is -2.25. The van der Waals surface area contributed by atoms with Crippen molar-refractivity contribution in [3.05, 3.63) is 71.8 Å². The molecule has 0 saturated heterocycles. The van der Waals surface area contributed by atoms with Crippen molar-refractivity contribution in [2.45, 2.75) is 37.6 Å². The highest BCUT2D eigenvalue weighted by Gasteiger charge is 2.32. The molecule has 0 aromatic heterocycles. The summed E-state index contributed by atoms with van der Waals surface area (Å²) in [6.07, 6.45) is -3.05. The van der Waals surface area contributed by atoms with E-state index in [1.165, 1.54) is 0 Å². The van der Waals surface area contributed by atoms with Gasteiger partial charge in [0, 0.05) is 0 Å². The molecule has 0 spiro atoms. The number of nitrogens with two attached hydrogens (primary N) is 1. The Morgan fingerprint density at radius 3 is 2.06 bits per heavy atom. The lowest BCUT2D eigenvalue weighted by atomic mass is 10.0. The van der Waals surface area contributed by atoms with E-state index in [0.717, 1.165) is 18.2 Å². The first-order chi connectivity index (χ1) is 15.8. The molecule has 2 aromatic carbocycles. The van der Waals surface area contributed by atoms with E-state index >= 15 is 0 Å². The SMILES string of the molecule is COC(=O)[C@@H](O)[C@H](Cc1ccccc1)NC(=O)[C@H](CC(N)=O)NC(=O)OCc1ccccc1. The number of rotatable bonds is 11. The zero-order valence-corrected chi connectivity index (χ0v) is 18.1. The third-order valence-electron chi connectivity index (χ3n) is 4.68. The Kier molecular flexibility index (Phi) is 9.84. The predicted molar refractivity (Wildman–Crippen MR) is 117 cm³/mol. The monoisotopic (exact) mass is 457 g/mol. The number of benzene rings is 2. The molecule has 3 atom stereocenters. The number of amides is 3. The molecule has 0 aliphatic heterocycles. The summed E-state index contributed by atoms with van der Waals surface area (Å²) in [5, 5.41) is 15.1. The minimum atomic E-state index is -1.68. The summed E-state index contributed by atoms with van der Waals surface area (Å²) in [5.41, 5.74) is 6.68. The fourth-order valence-corrected chi connectivity index (χ4v) is 3.00. The van der Waals surface area contributed by atoms with Crippen LogP contribution >= 0.6 is 0 Å². The largest absolute Gasteiger partial charge is 0.467 e. The number of esters is 1. The number of aliphatic hydroxyl groups is 1. The van der Waals surface area contributed by atoms with Gasteiger partial charge in [-0.1, -0.05) is 60.7 Å². The van der Waals surface area contributed by atoms with E-state index in [-0.39, 0.29) is 13.0 Å². The zero-order valence-electron chi connectivity index (χ0n) is 18.1. The average molecular weight is 457 g/mol. The van der Waals surface area contributed by atoms with Crippen LogP contribution in [0.2, 0.25) is 0 Å². The summed E-state index contributed by atoms with van der Waals surface area (Å²) in [4.78, 5) is 48.4. The highest BCUT2D eigenvalue weighted by Crippen LogP contribution is 2.09.